The molecule has 0 atom stereocenters. The van der Waals surface area contributed by atoms with Gasteiger partial charge in [-0.1, -0.05) is 218 Å². The minimum Gasteiger partial charge on any atom is -0.456 e. The van der Waals surface area contributed by atoms with Crippen LogP contribution >= 0.6 is 11.3 Å². The molecule has 0 N–H and O–H groups in total. The molecule has 12 aromatic carbocycles. The molecule has 4 heteroatoms. The minimum atomic E-state index is -0.576. The Hall–Kier alpha value is -9.74. The number of furan rings is 2. The van der Waals surface area contributed by atoms with Gasteiger partial charge in [-0.2, -0.15) is 0 Å². The predicted molar refractivity (Wildman–Crippen MR) is 322 cm³/mol. The molecule has 0 radical (unpaired) electrons. The van der Waals surface area contributed by atoms with Gasteiger partial charge in [0.25, 0.3) is 0 Å². The maximum absolute atomic E-state index is 7.45. The van der Waals surface area contributed by atoms with Crippen LogP contribution in [0.2, 0.25) is 0 Å². The topological polar surface area (TPSA) is 29.5 Å². The fraction of sp³-hybridized carbons (Fsp3) is 0.0137. The highest BCUT2D eigenvalue weighted by Gasteiger charge is 2.47. The first-order valence-electron chi connectivity index (χ1n) is 26.3. The third-order valence-electron chi connectivity index (χ3n) is 16.2. The zero-order chi connectivity index (χ0) is 50.6. The first kappa shape index (κ1) is 43.6. The summed E-state index contributed by atoms with van der Waals surface area (Å²) >= 11 is 1.86. The van der Waals surface area contributed by atoms with Gasteiger partial charge in [0.2, 0.25) is 0 Å². The average molecular weight is 1000 g/mol. The molecule has 3 nitrogen and oxygen atoms in total. The smallest absolute Gasteiger partial charge is 0.144 e. The Bertz CT molecular complexity index is 4740. The highest BCUT2D eigenvalue weighted by molar-refractivity contribution is 7.26. The number of benzene rings is 12. The van der Waals surface area contributed by atoms with Crippen LogP contribution in [0.15, 0.2) is 282 Å². The molecule has 0 spiro atoms. The molecule has 0 aliphatic heterocycles. The molecule has 0 fully saturated rings. The molecular weight excluding hydrogens is 955 g/mol. The normalized spacial score (nSPS) is 12.8. The maximum Gasteiger partial charge on any atom is 0.144 e. The number of thiophene rings is 1. The molecule has 1 aliphatic carbocycles. The Morgan fingerprint density at radius 3 is 1.66 bits per heavy atom. The molecule has 77 heavy (non-hydrogen) atoms. The lowest BCUT2D eigenvalue weighted by molar-refractivity contribution is 0.664. The van der Waals surface area contributed by atoms with Gasteiger partial charge in [-0.25, -0.2) is 0 Å². The van der Waals surface area contributed by atoms with Gasteiger partial charge in [-0.15, -0.1) is 11.3 Å². The number of rotatable bonds is 8. The van der Waals surface area contributed by atoms with Gasteiger partial charge in [0, 0.05) is 53.3 Å². The van der Waals surface area contributed by atoms with Crippen molar-refractivity contribution >= 4 is 92.4 Å². The first-order valence-corrected chi connectivity index (χ1v) is 27.1. The summed E-state index contributed by atoms with van der Waals surface area (Å²) in [6, 6.07) is 99.2. The van der Waals surface area contributed by atoms with Gasteiger partial charge in [0.1, 0.15) is 22.3 Å². The van der Waals surface area contributed by atoms with Crippen molar-refractivity contribution in [1.29, 1.82) is 0 Å². The molecule has 3 aromatic heterocycles. The molecule has 1 aliphatic rings. The number of hydrogen-bond donors (Lipinski definition) is 0. The lowest BCUT2D eigenvalue weighted by Gasteiger charge is -2.34. The van der Waals surface area contributed by atoms with E-state index in [1.807, 2.05) is 11.3 Å². The third-order valence-corrected chi connectivity index (χ3v) is 17.4. The van der Waals surface area contributed by atoms with Crippen LogP contribution in [-0.2, 0) is 5.41 Å². The molecular formula is C73H45NO2S. The van der Waals surface area contributed by atoms with Crippen molar-refractivity contribution < 1.29 is 8.83 Å². The summed E-state index contributed by atoms with van der Waals surface area (Å²) in [7, 11) is 0. The van der Waals surface area contributed by atoms with Crippen LogP contribution in [-0.4, -0.2) is 0 Å². The molecule has 3 heterocycles. The summed E-state index contributed by atoms with van der Waals surface area (Å²) in [5.74, 6) is 0. The van der Waals surface area contributed by atoms with E-state index < -0.39 is 5.41 Å². The Morgan fingerprint density at radius 2 is 0.896 bits per heavy atom. The third kappa shape index (κ3) is 6.49. The van der Waals surface area contributed by atoms with Crippen molar-refractivity contribution in [3.63, 3.8) is 0 Å². The highest BCUT2D eigenvalue weighted by atomic mass is 32.1. The van der Waals surface area contributed by atoms with E-state index in [1.165, 1.54) is 70.2 Å². The van der Waals surface area contributed by atoms with E-state index in [2.05, 4.69) is 278 Å². The number of fused-ring (bicyclic) bond motifs is 12. The zero-order valence-corrected chi connectivity index (χ0v) is 42.5. The number of anilines is 3. The van der Waals surface area contributed by atoms with Crippen LogP contribution < -0.4 is 4.90 Å². The molecule has 0 bridgehead atoms. The summed E-state index contributed by atoms with van der Waals surface area (Å²) in [6.07, 6.45) is 0. The second-order valence-electron chi connectivity index (χ2n) is 20.2. The maximum atomic E-state index is 7.45. The van der Waals surface area contributed by atoms with Crippen molar-refractivity contribution in [2.45, 2.75) is 5.41 Å². The average Bonchev–Trinajstić information content (AvgIpc) is 4.35. The summed E-state index contributed by atoms with van der Waals surface area (Å²) in [5, 5.41) is 6.67. The monoisotopic (exact) mass is 999 g/mol. The van der Waals surface area contributed by atoms with E-state index in [0.717, 1.165) is 77.6 Å². The minimum absolute atomic E-state index is 0.576. The van der Waals surface area contributed by atoms with Gasteiger partial charge in [0.15, 0.2) is 0 Å². The number of para-hydroxylation sites is 1. The van der Waals surface area contributed by atoms with Gasteiger partial charge in [0.05, 0.1) is 16.5 Å². The summed E-state index contributed by atoms with van der Waals surface area (Å²) < 4.78 is 17.0. The predicted octanol–water partition coefficient (Wildman–Crippen LogP) is 20.7. The van der Waals surface area contributed by atoms with Crippen LogP contribution in [0.3, 0.4) is 0 Å². The number of hydrogen-bond acceptors (Lipinski definition) is 4. The van der Waals surface area contributed by atoms with Crippen LogP contribution in [0.25, 0.3) is 109 Å². The molecule has 0 amide bonds. The second kappa shape index (κ2) is 17.2. The van der Waals surface area contributed by atoms with Crippen molar-refractivity contribution in [2.75, 3.05) is 4.90 Å². The standard InChI is InChI=1S/C73H45NO2S/c1-4-19-46(20-5-1)47-37-41-51(42-38-47)74(52-43-39-48(40-44-52)53-28-16-29-55-54-25-12-15-36-66(54)77-72(53)55)62-33-18-35-64-68(62)59-45-65-69(57-27-11-14-34-63(57)75-65)70(71(59)76-64)58-30-17-32-61-67(58)56-26-10-13-31-60(56)73(61,49-21-6-2-7-22-49)50-23-8-3-9-24-50/h1-45H. The number of nitrogens with zero attached hydrogens (tertiary/aromatic N) is 1. The van der Waals surface area contributed by atoms with E-state index in [9.17, 15) is 0 Å². The molecule has 0 saturated heterocycles. The van der Waals surface area contributed by atoms with Gasteiger partial charge < -0.3 is 13.7 Å². The summed E-state index contributed by atoms with van der Waals surface area (Å²) in [6.45, 7) is 0. The molecule has 15 aromatic rings. The van der Waals surface area contributed by atoms with Crippen LogP contribution in [0.4, 0.5) is 17.1 Å². The molecule has 0 saturated carbocycles. The Balaban J connectivity index is 0.953. The van der Waals surface area contributed by atoms with Crippen molar-refractivity contribution in [2.24, 2.45) is 0 Å². The van der Waals surface area contributed by atoms with Crippen molar-refractivity contribution in [1.82, 2.24) is 0 Å². The first-order chi connectivity index (χ1) is 38.2. The Morgan fingerprint density at radius 1 is 0.338 bits per heavy atom. The second-order valence-corrected chi connectivity index (χ2v) is 21.2. The SMILES string of the molecule is c1ccc(-c2ccc(N(c3ccc(-c4cccc5c4sc4ccccc45)cc3)c3cccc4oc5c(-c6cccc7c6-c6ccccc6C7(c6ccccc6)c6ccccc6)c6c(cc5c34)oc3ccccc36)cc2)cc1. The van der Waals surface area contributed by atoms with Crippen molar-refractivity contribution in [3.8, 4) is 44.5 Å². The Kier molecular flexibility index (Phi) is 9.72. The van der Waals surface area contributed by atoms with E-state index in [1.54, 1.807) is 0 Å². The van der Waals surface area contributed by atoms with Crippen LogP contribution in [0.1, 0.15) is 22.3 Å². The van der Waals surface area contributed by atoms with Crippen LogP contribution in [0, 0.1) is 0 Å². The fourth-order valence-electron chi connectivity index (χ4n) is 12.9. The Labute approximate surface area is 448 Å². The highest BCUT2D eigenvalue weighted by Crippen LogP contribution is 2.60. The molecule has 16 rings (SSSR count). The largest absolute Gasteiger partial charge is 0.456 e. The van der Waals surface area contributed by atoms with E-state index in [0.29, 0.717) is 0 Å². The van der Waals surface area contributed by atoms with Gasteiger partial charge in [-0.05, 0) is 116 Å². The van der Waals surface area contributed by atoms with E-state index >= 15 is 0 Å². The summed E-state index contributed by atoms with van der Waals surface area (Å²) in [4.78, 5) is 2.39. The van der Waals surface area contributed by atoms with Crippen molar-refractivity contribution in [3.05, 3.63) is 295 Å². The molecule has 360 valence electrons. The quantitative estimate of drug-likeness (QED) is 0.152. The molecule has 0 unspecified atom stereocenters. The fourth-order valence-corrected chi connectivity index (χ4v) is 14.2. The van der Waals surface area contributed by atoms with Gasteiger partial charge >= 0.3 is 0 Å². The van der Waals surface area contributed by atoms with E-state index in [4.69, 9.17) is 8.83 Å². The summed E-state index contributed by atoms with van der Waals surface area (Å²) in [5.41, 5.74) is 20.0. The van der Waals surface area contributed by atoms with Crippen LogP contribution in [0.5, 0.6) is 0 Å². The van der Waals surface area contributed by atoms with E-state index in [-0.39, 0.29) is 0 Å². The lowest BCUT2D eigenvalue weighted by Crippen LogP contribution is -2.28. The lowest BCUT2D eigenvalue weighted by atomic mass is 9.67. The zero-order valence-electron chi connectivity index (χ0n) is 41.7. The van der Waals surface area contributed by atoms with Gasteiger partial charge in [-0.3, -0.25) is 0 Å².